The zero-order chi connectivity index (χ0) is 25.0. The van der Waals surface area contributed by atoms with Crippen LogP contribution in [0.3, 0.4) is 0 Å². The normalized spacial score (nSPS) is 28.0. The van der Waals surface area contributed by atoms with E-state index < -0.39 is 20.0 Å². The van der Waals surface area contributed by atoms with Gasteiger partial charge in [0.2, 0.25) is 0 Å². The predicted octanol–water partition coefficient (Wildman–Crippen LogP) is 1.61. The molecule has 35 heavy (non-hydrogen) atoms. The maximum atomic E-state index is 13.5. The van der Waals surface area contributed by atoms with Crippen molar-refractivity contribution in [3.8, 4) is 0 Å². The van der Waals surface area contributed by atoms with Crippen molar-refractivity contribution in [1.29, 1.82) is 0 Å². The lowest BCUT2D eigenvalue weighted by Crippen LogP contribution is -2.43. The molecule has 188 valence electrons. The van der Waals surface area contributed by atoms with Crippen LogP contribution < -0.4 is 10.2 Å². The summed E-state index contributed by atoms with van der Waals surface area (Å²) in [7, 11) is -2.76. The maximum absolute atomic E-state index is 13.5. The number of ether oxygens (including phenoxy) is 2. The molecular weight excluding hydrogens is 470 g/mol. The minimum atomic E-state index is -2.76. The molecule has 2 amide bonds. The molecular formula is C23H31N5O6Si. The number of fused-ring (bicyclic) bond motifs is 2. The molecule has 12 heteroatoms. The summed E-state index contributed by atoms with van der Waals surface area (Å²) in [5, 5.41) is 20.3. The first kappa shape index (κ1) is 23.9. The molecule has 0 bridgehead atoms. The summed E-state index contributed by atoms with van der Waals surface area (Å²) in [6.45, 7) is 6.99. The van der Waals surface area contributed by atoms with E-state index in [0.29, 0.717) is 55.2 Å². The minimum Gasteiger partial charge on any atom is -0.447 e. The number of carbonyl (C=O) groups excluding carboxylic acids is 2. The molecule has 0 radical (unpaired) electrons. The molecule has 0 unspecified atom stereocenters. The van der Waals surface area contributed by atoms with Gasteiger partial charge in [-0.3, -0.25) is 14.4 Å². The van der Waals surface area contributed by atoms with Crippen LogP contribution in [0.25, 0.3) is 0 Å². The number of amides is 2. The van der Waals surface area contributed by atoms with Gasteiger partial charge in [0, 0.05) is 54.2 Å². The fourth-order valence-corrected chi connectivity index (χ4v) is 8.49. The highest BCUT2D eigenvalue weighted by atomic mass is 28.4. The Bertz CT molecular complexity index is 1150. The average Bonchev–Trinajstić information content (AvgIpc) is 3.54. The summed E-state index contributed by atoms with van der Waals surface area (Å²) >= 11 is 0. The first-order valence-electron chi connectivity index (χ1n) is 12.0. The summed E-state index contributed by atoms with van der Waals surface area (Å²) < 4.78 is 13.4. The SMILES string of the molecule is C[C@@H]1[C@@H]([Si](C)(C)O)[C@H](CCn2cc(CCO)nn2)O[C@@]12C(=O)Nc1ccc(N3CCOC3=O)cc12. The monoisotopic (exact) mass is 501 g/mol. The van der Waals surface area contributed by atoms with E-state index in [4.69, 9.17) is 14.6 Å². The van der Waals surface area contributed by atoms with Crippen LogP contribution in [0.2, 0.25) is 18.6 Å². The fraction of sp³-hybridized carbons (Fsp3) is 0.565. The van der Waals surface area contributed by atoms with Gasteiger partial charge in [0.05, 0.1) is 18.3 Å². The van der Waals surface area contributed by atoms with E-state index in [9.17, 15) is 14.4 Å². The Balaban J connectivity index is 1.47. The first-order valence-corrected chi connectivity index (χ1v) is 15.0. The van der Waals surface area contributed by atoms with E-state index in [1.54, 1.807) is 27.9 Å². The highest BCUT2D eigenvalue weighted by Crippen LogP contribution is 2.58. The van der Waals surface area contributed by atoms with E-state index >= 15 is 0 Å². The Kier molecular flexibility index (Phi) is 5.94. The lowest BCUT2D eigenvalue weighted by Gasteiger charge is -2.32. The summed E-state index contributed by atoms with van der Waals surface area (Å²) in [4.78, 5) is 38.4. The van der Waals surface area contributed by atoms with Crippen LogP contribution in [0.5, 0.6) is 0 Å². The molecule has 0 saturated carbocycles. The van der Waals surface area contributed by atoms with Gasteiger partial charge in [-0.15, -0.1) is 5.10 Å². The molecule has 11 nitrogen and oxygen atoms in total. The molecule has 0 aliphatic carbocycles. The number of aliphatic hydroxyl groups excluding tert-OH is 1. The van der Waals surface area contributed by atoms with E-state index in [0.717, 1.165) is 0 Å². The molecule has 3 aliphatic rings. The lowest BCUT2D eigenvalue weighted by molar-refractivity contribution is -0.143. The summed E-state index contributed by atoms with van der Waals surface area (Å²) in [6.07, 6.45) is 1.98. The van der Waals surface area contributed by atoms with E-state index in [2.05, 4.69) is 15.6 Å². The fourth-order valence-electron chi connectivity index (χ4n) is 5.89. The van der Waals surface area contributed by atoms with Crippen LogP contribution in [0, 0.1) is 5.92 Å². The van der Waals surface area contributed by atoms with Crippen LogP contribution >= 0.6 is 0 Å². The summed E-state index contributed by atoms with van der Waals surface area (Å²) in [5.41, 5.74) is 1.22. The maximum Gasteiger partial charge on any atom is 0.414 e. The van der Waals surface area contributed by atoms with Crippen molar-refractivity contribution in [1.82, 2.24) is 15.0 Å². The van der Waals surface area contributed by atoms with Crippen LogP contribution in [0.1, 0.15) is 24.6 Å². The van der Waals surface area contributed by atoms with E-state index in [1.165, 1.54) is 0 Å². The third-order valence-electron chi connectivity index (χ3n) is 7.39. The third kappa shape index (κ3) is 3.94. The molecule has 3 aliphatic heterocycles. The molecule has 4 heterocycles. The van der Waals surface area contributed by atoms with Crippen LogP contribution in [0.4, 0.5) is 16.2 Å². The third-order valence-corrected chi connectivity index (χ3v) is 9.89. The number of hydrogen-bond donors (Lipinski definition) is 3. The van der Waals surface area contributed by atoms with Gasteiger partial charge in [0.25, 0.3) is 5.91 Å². The van der Waals surface area contributed by atoms with Crippen molar-refractivity contribution in [2.24, 2.45) is 5.92 Å². The zero-order valence-electron chi connectivity index (χ0n) is 20.1. The Morgan fingerprint density at radius 1 is 1.31 bits per heavy atom. The standard InChI is InChI=1S/C23H31N5O6Si/c1-14-20(35(2,3)32)19(6-8-27-13-15(7-10-29)25-26-27)34-23(14)17-12-16(28-9-11-33-22(28)31)4-5-18(17)24-21(23)30/h4-5,12-14,19-20,29,32H,6-11H2,1-3H3,(H,24,30)/t14-,19+,20-,23+/m1/s1. The number of aryl methyl sites for hydroxylation is 1. The van der Waals surface area contributed by atoms with Crippen molar-refractivity contribution >= 4 is 31.7 Å². The van der Waals surface area contributed by atoms with Gasteiger partial charge < -0.3 is 24.7 Å². The van der Waals surface area contributed by atoms with Crippen molar-refractivity contribution in [3.63, 3.8) is 0 Å². The molecule has 3 N–H and O–H groups in total. The Morgan fingerprint density at radius 2 is 2.11 bits per heavy atom. The van der Waals surface area contributed by atoms with Gasteiger partial charge in [-0.25, -0.2) is 4.79 Å². The Morgan fingerprint density at radius 3 is 2.80 bits per heavy atom. The van der Waals surface area contributed by atoms with Gasteiger partial charge in [-0.2, -0.15) is 0 Å². The lowest BCUT2D eigenvalue weighted by atomic mass is 9.82. The second kappa shape index (κ2) is 8.70. The molecule has 2 fully saturated rings. The smallest absolute Gasteiger partial charge is 0.414 e. The number of nitrogens with one attached hydrogen (secondary N) is 1. The number of nitrogens with zero attached hydrogens (tertiary/aromatic N) is 4. The average molecular weight is 502 g/mol. The van der Waals surface area contributed by atoms with Gasteiger partial charge in [0.1, 0.15) is 6.61 Å². The highest BCUT2D eigenvalue weighted by Gasteiger charge is 2.64. The second-order valence-electron chi connectivity index (χ2n) is 10.0. The Labute approximate surface area is 204 Å². The van der Waals surface area contributed by atoms with Crippen LogP contribution in [0.15, 0.2) is 24.4 Å². The van der Waals surface area contributed by atoms with Gasteiger partial charge in [-0.05, 0) is 37.7 Å². The van der Waals surface area contributed by atoms with Gasteiger partial charge in [0.15, 0.2) is 13.9 Å². The van der Waals surface area contributed by atoms with Gasteiger partial charge in [-0.1, -0.05) is 12.1 Å². The first-order chi connectivity index (χ1) is 16.6. The van der Waals surface area contributed by atoms with Crippen molar-refractivity contribution < 1.29 is 29.0 Å². The van der Waals surface area contributed by atoms with Crippen molar-refractivity contribution in [2.45, 2.75) is 56.7 Å². The zero-order valence-corrected chi connectivity index (χ0v) is 21.1. The van der Waals surface area contributed by atoms with E-state index in [-0.39, 0.29) is 30.1 Å². The number of hydrogen-bond acceptors (Lipinski definition) is 8. The number of carbonyl (C=O) groups is 2. The topological polar surface area (TPSA) is 139 Å². The quantitative estimate of drug-likeness (QED) is 0.487. The molecule has 1 spiro atoms. The second-order valence-corrected chi connectivity index (χ2v) is 14.0. The van der Waals surface area contributed by atoms with Crippen LogP contribution in [-0.2, 0) is 32.8 Å². The molecule has 2 saturated heterocycles. The van der Waals surface area contributed by atoms with E-state index in [1.807, 2.05) is 26.1 Å². The largest absolute Gasteiger partial charge is 0.447 e. The number of cyclic esters (lactones) is 1. The molecule has 1 aromatic carbocycles. The number of aromatic nitrogens is 3. The number of rotatable bonds is 7. The number of anilines is 2. The Hall–Kier alpha value is -2.80. The van der Waals surface area contributed by atoms with Crippen molar-refractivity contribution in [3.05, 3.63) is 35.7 Å². The van der Waals surface area contributed by atoms with Crippen molar-refractivity contribution in [2.75, 3.05) is 30.0 Å². The highest BCUT2D eigenvalue weighted by molar-refractivity contribution is 6.71. The van der Waals surface area contributed by atoms with Crippen LogP contribution in [-0.4, -0.2) is 71.1 Å². The molecule has 2 aromatic rings. The molecule has 1 aromatic heterocycles. The number of aliphatic hydroxyl groups is 1. The predicted molar refractivity (Wildman–Crippen MR) is 128 cm³/mol. The molecule has 5 rings (SSSR count). The summed E-state index contributed by atoms with van der Waals surface area (Å²) in [6, 6.07) is 5.42. The minimum absolute atomic E-state index is 0.00248. The van der Waals surface area contributed by atoms with Gasteiger partial charge >= 0.3 is 6.09 Å². The number of benzene rings is 1. The summed E-state index contributed by atoms with van der Waals surface area (Å²) in [5.74, 6) is -0.542. The molecule has 4 atom stereocenters.